The number of carbonyl (C=O) groups excluding carboxylic acids is 1. The van der Waals surface area contributed by atoms with Crippen LogP contribution in [-0.4, -0.2) is 26.3 Å². The lowest BCUT2D eigenvalue weighted by molar-refractivity contribution is 0.0471. The van der Waals surface area contributed by atoms with Gasteiger partial charge in [-0.1, -0.05) is 23.7 Å². The van der Waals surface area contributed by atoms with Gasteiger partial charge in [-0.25, -0.2) is 4.79 Å². The normalized spacial score (nSPS) is 12.6. The van der Waals surface area contributed by atoms with E-state index in [1.54, 1.807) is 36.4 Å². The quantitative estimate of drug-likeness (QED) is 0.801. The number of carbonyl (C=O) groups is 1. The molecule has 5 nitrogen and oxygen atoms in total. The van der Waals surface area contributed by atoms with Crippen molar-refractivity contribution in [3.05, 3.63) is 52.5 Å². The molecule has 1 heterocycles. The zero-order chi connectivity index (χ0) is 16.2. The van der Waals surface area contributed by atoms with E-state index in [9.17, 15) is 4.79 Å². The van der Waals surface area contributed by atoms with Gasteiger partial charge in [0, 0.05) is 5.02 Å². The van der Waals surface area contributed by atoms with E-state index in [-0.39, 0.29) is 6.61 Å². The Morgan fingerprint density at radius 2 is 1.91 bits per heavy atom. The van der Waals surface area contributed by atoms with Gasteiger partial charge in [-0.2, -0.15) is 0 Å². The van der Waals surface area contributed by atoms with Gasteiger partial charge in [0.15, 0.2) is 11.5 Å². The first-order valence-electron chi connectivity index (χ1n) is 7.06. The highest BCUT2D eigenvalue weighted by atomic mass is 35.5. The molecule has 0 unspecified atom stereocenters. The summed E-state index contributed by atoms with van der Waals surface area (Å²) in [6.07, 6.45) is 0. The number of hydrogen-bond acceptors (Lipinski definition) is 5. The highest BCUT2D eigenvalue weighted by molar-refractivity contribution is 6.30. The second kappa shape index (κ2) is 6.79. The van der Waals surface area contributed by atoms with E-state index >= 15 is 0 Å². The molecule has 0 fully saturated rings. The second-order valence-corrected chi connectivity index (χ2v) is 5.34. The molecule has 120 valence electrons. The minimum absolute atomic E-state index is 0.159. The van der Waals surface area contributed by atoms with Crippen molar-refractivity contribution in [2.45, 2.75) is 6.61 Å². The van der Waals surface area contributed by atoms with Crippen molar-refractivity contribution in [1.29, 1.82) is 0 Å². The molecule has 0 spiro atoms. The van der Waals surface area contributed by atoms with Crippen LogP contribution >= 0.6 is 11.6 Å². The fraction of sp³-hybridized carbons (Fsp3) is 0.235. The Kier molecular flexibility index (Phi) is 4.57. The van der Waals surface area contributed by atoms with Crippen molar-refractivity contribution in [3.63, 3.8) is 0 Å². The summed E-state index contributed by atoms with van der Waals surface area (Å²) in [5, 5.41) is 0.636. The lowest BCUT2D eigenvalue weighted by Gasteiger charge is -2.21. The van der Waals surface area contributed by atoms with Gasteiger partial charge < -0.3 is 18.9 Å². The molecule has 0 bridgehead atoms. The summed E-state index contributed by atoms with van der Waals surface area (Å²) in [6, 6.07) is 10.3. The molecule has 1 aliphatic rings. The van der Waals surface area contributed by atoms with Crippen LogP contribution in [0.25, 0.3) is 0 Å². The highest BCUT2D eigenvalue weighted by Gasteiger charge is 2.21. The van der Waals surface area contributed by atoms with E-state index in [2.05, 4.69) is 0 Å². The minimum Gasteiger partial charge on any atom is -0.493 e. The van der Waals surface area contributed by atoms with Crippen LogP contribution in [0.1, 0.15) is 15.9 Å². The Morgan fingerprint density at radius 1 is 1.17 bits per heavy atom. The van der Waals surface area contributed by atoms with Crippen molar-refractivity contribution in [2.24, 2.45) is 0 Å². The molecule has 0 saturated carbocycles. The number of benzene rings is 2. The maximum Gasteiger partial charge on any atom is 0.338 e. The maximum atomic E-state index is 12.2. The standard InChI is InChI=1S/C17H15ClO5/c1-20-14-8-12(9-15-16(14)22-7-6-21-15)17(19)23-10-11-2-4-13(18)5-3-11/h2-5,8-9H,6-7,10H2,1H3. The third-order valence-electron chi connectivity index (χ3n) is 3.35. The Hall–Kier alpha value is -2.40. The fourth-order valence-corrected chi connectivity index (χ4v) is 2.33. The van der Waals surface area contributed by atoms with E-state index in [0.717, 1.165) is 5.56 Å². The van der Waals surface area contributed by atoms with E-state index in [1.165, 1.54) is 7.11 Å². The Balaban J connectivity index is 1.75. The smallest absolute Gasteiger partial charge is 0.338 e. The van der Waals surface area contributed by atoms with Gasteiger partial charge in [-0.05, 0) is 29.8 Å². The van der Waals surface area contributed by atoms with Gasteiger partial charge in [0.2, 0.25) is 5.75 Å². The molecule has 2 aromatic rings. The number of methoxy groups -OCH3 is 1. The molecule has 0 aliphatic carbocycles. The third-order valence-corrected chi connectivity index (χ3v) is 3.60. The first kappa shape index (κ1) is 15.5. The van der Waals surface area contributed by atoms with Gasteiger partial charge >= 0.3 is 5.97 Å². The fourth-order valence-electron chi connectivity index (χ4n) is 2.20. The third kappa shape index (κ3) is 3.51. The van der Waals surface area contributed by atoms with Gasteiger partial charge in [-0.3, -0.25) is 0 Å². The average Bonchev–Trinajstić information content (AvgIpc) is 2.60. The molecule has 23 heavy (non-hydrogen) atoms. The van der Waals surface area contributed by atoms with Crippen LogP contribution < -0.4 is 14.2 Å². The Bertz CT molecular complexity index is 694. The Morgan fingerprint density at radius 3 is 2.65 bits per heavy atom. The molecule has 0 atom stereocenters. The lowest BCUT2D eigenvalue weighted by Crippen LogP contribution is -2.17. The summed E-state index contributed by atoms with van der Waals surface area (Å²) in [4.78, 5) is 12.2. The summed E-state index contributed by atoms with van der Waals surface area (Å²) in [5.41, 5.74) is 1.20. The largest absolute Gasteiger partial charge is 0.493 e. The molecular weight excluding hydrogens is 320 g/mol. The van der Waals surface area contributed by atoms with E-state index in [4.69, 9.17) is 30.5 Å². The van der Waals surface area contributed by atoms with Crippen LogP contribution in [0.2, 0.25) is 5.02 Å². The SMILES string of the molecule is COc1cc(C(=O)OCc2ccc(Cl)cc2)cc2c1OCCO2. The second-order valence-electron chi connectivity index (χ2n) is 4.91. The lowest BCUT2D eigenvalue weighted by atomic mass is 10.1. The van der Waals surface area contributed by atoms with Crippen LogP contribution in [0, 0.1) is 0 Å². The maximum absolute atomic E-state index is 12.2. The molecule has 0 aromatic heterocycles. The molecule has 0 saturated heterocycles. The molecule has 0 N–H and O–H groups in total. The number of hydrogen-bond donors (Lipinski definition) is 0. The monoisotopic (exact) mass is 334 g/mol. The summed E-state index contributed by atoms with van der Waals surface area (Å²) in [6.45, 7) is 1.04. The van der Waals surface area contributed by atoms with Crippen molar-refractivity contribution >= 4 is 17.6 Å². The van der Waals surface area contributed by atoms with Crippen LogP contribution in [0.4, 0.5) is 0 Å². The summed E-state index contributed by atoms with van der Waals surface area (Å²) in [7, 11) is 1.51. The molecule has 2 aromatic carbocycles. The molecular formula is C17H15ClO5. The van der Waals surface area contributed by atoms with Crippen LogP contribution in [0.5, 0.6) is 17.2 Å². The predicted octanol–water partition coefficient (Wildman–Crippen LogP) is 3.48. The number of fused-ring (bicyclic) bond motifs is 1. The minimum atomic E-state index is -0.463. The number of rotatable bonds is 4. The molecule has 0 radical (unpaired) electrons. The summed E-state index contributed by atoms with van der Waals surface area (Å²) >= 11 is 5.82. The van der Waals surface area contributed by atoms with Gasteiger partial charge in [-0.15, -0.1) is 0 Å². The first-order chi connectivity index (χ1) is 11.2. The van der Waals surface area contributed by atoms with Crippen LogP contribution in [0.15, 0.2) is 36.4 Å². The van der Waals surface area contributed by atoms with Gasteiger partial charge in [0.1, 0.15) is 19.8 Å². The topological polar surface area (TPSA) is 54.0 Å². The van der Waals surface area contributed by atoms with Crippen molar-refractivity contribution in [1.82, 2.24) is 0 Å². The molecule has 1 aliphatic heterocycles. The number of halogens is 1. The zero-order valence-corrected chi connectivity index (χ0v) is 13.3. The average molecular weight is 335 g/mol. The van der Waals surface area contributed by atoms with Crippen molar-refractivity contribution < 1.29 is 23.7 Å². The summed E-state index contributed by atoms with van der Waals surface area (Å²) < 4.78 is 21.6. The Labute approximate surface area is 138 Å². The van der Waals surface area contributed by atoms with E-state index in [0.29, 0.717) is 41.0 Å². The zero-order valence-electron chi connectivity index (χ0n) is 12.5. The number of esters is 1. The van der Waals surface area contributed by atoms with E-state index < -0.39 is 5.97 Å². The van der Waals surface area contributed by atoms with Crippen LogP contribution in [0.3, 0.4) is 0 Å². The van der Waals surface area contributed by atoms with Gasteiger partial charge in [0.05, 0.1) is 12.7 Å². The molecule has 6 heteroatoms. The van der Waals surface area contributed by atoms with E-state index in [1.807, 2.05) is 0 Å². The summed E-state index contributed by atoms with van der Waals surface area (Å²) in [5.74, 6) is 0.970. The molecule has 0 amide bonds. The van der Waals surface area contributed by atoms with Crippen LogP contribution in [-0.2, 0) is 11.3 Å². The number of ether oxygens (including phenoxy) is 4. The van der Waals surface area contributed by atoms with Crippen molar-refractivity contribution in [2.75, 3.05) is 20.3 Å². The predicted molar refractivity (Wildman–Crippen MR) is 84.6 cm³/mol. The first-order valence-corrected chi connectivity index (χ1v) is 7.44. The molecule has 3 rings (SSSR count). The van der Waals surface area contributed by atoms with Gasteiger partial charge in [0.25, 0.3) is 0 Å². The van der Waals surface area contributed by atoms with Crippen molar-refractivity contribution in [3.8, 4) is 17.2 Å². The highest BCUT2D eigenvalue weighted by Crippen LogP contribution is 2.40.